The number of aromatic nitrogens is 5. The predicted molar refractivity (Wildman–Crippen MR) is 135 cm³/mol. The lowest BCUT2D eigenvalue weighted by Gasteiger charge is -2.11. The molecule has 0 aliphatic heterocycles. The molecule has 0 atom stereocenters. The Kier molecular flexibility index (Phi) is 7.02. The van der Waals surface area contributed by atoms with E-state index in [9.17, 15) is 15.2 Å². The van der Waals surface area contributed by atoms with Gasteiger partial charge >= 0.3 is 0 Å². The number of rotatable bonds is 7. The molecule has 4 rings (SSSR count). The van der Waals surface area contributed by atoms with E-state index in [-0.39, 0.29) is 23.4 Å². The highest BCUT2D eigenvalue weighted by molar-refractivity contribution is 9.10. The first-order chi connectivity index (χ1) is 16.7. The third kappa shape index (κ3) is 5.78. The van der Waals surface area contributed by atoms with Crippen molar-refractivity contribution in [2.45, 2.75) is 13.8 Å². The summed E-state index contributed by atoms with van der Waals surface area (Å²) in [5.74, 6) is -0.230. The van der Waals surface area contributed by atoms with Gasteiger partial charge in [0.25, 0.3) is 11.6 Å². The molecular weight excluding hydrogens is 586 g/mol. The van der Waals surface area contributed by atoms with Gasteiger partial charge in [-0.25, -0.2) is 10.1 Å². The van der Waals surface area contributed by atoms with Gasteiger partial charge in [-0.2, -0.15) is 25.2 Å². The van der Waals surface area contributed by atoms with E-state index in [0.717, 1.165) is 33.8 Å². The maximum Gasteiger partial charge on any atom is 0.263 e. The molecule has 0 spiro atoms. The summed E-state index contributed by atoms with van der Waals surface area (Å²) >= 11 is 6.56. The number of hydrazone groups is 1. The average molecular weight is 602 g/mol. The smallest absolute Gasteiger partial charge is 0.263 e. The highest BCUT2D eigenvalue weighted by atomic mass is 79.9. The van der Waals surface area contributed by atoms with Crippen LogP contribution in [0.3, 0.4) is 0 Å². The number of nitrogens with zero attached hydrogens (tertiary/aromatic N) is 7. The predicted octanol–water partition coefficient (Wildman–Crippen LogP) is 4.37. The van der Waals surface area contributed by atoms with Gasteiger partial charge < -0.3 is 10.4 Å². The second kappa shape index (κ2) is 10.1. The molecule has 2 N–H and O–H groups in total. The molecule has 0 bridgehead atoms. The highest BCUT2D eigenvalue weighted by Gasteiger charge is 2.13. The van der Waals surface area contributed by atoms with Crippen molar-refractivity contribution < 1.29 is 10.0 Å². The fourth-order valence-electron chi connectivity index (χ4n) is 3.05. The van der Waals surface area contributed by atoms with Crippen LogP contribution in [0.15, 0.2) is 56.5 Å². The zero-order valence-corrected chi connectivity index (χ0v) is 21.4. The molecule has 0 saturated carbocycles. The van der Waals surface area contributed by atoms with Crippen molar-refractivity contribution >= 4 is 61.3 Å². The quantitative estimate of drug-likeness (QED) is 0.178. The minimum Gasteiger partial charge on any atom is -0.867 e. The van der Waals surface area contributed by atoms with Crippen molar-refractivity contribution in [3.05, 3.63) is 78.5 Å². The first-order valence-electron chi connectivity index (χ1n) is 9.96. The number of anilines is 3. The normalized spacial score (nSPS) is 11.1. The van der Waals surface area contributed by atoms with Gasteiger partial charge in [-0.3, -0.25) is 10.1 Å². The first-order valence-corrected chi connectivity index (χ1v) is 11.5. The van der Waals surface area contributed by atoms with Crippen LogP contribution in [0, 0.1) is 24.0 Å². The maximum absolute atomic E-state index is 12.3. The largest absolute Gasteiger partial charge is 0.867 e. The molecule has 2 heterocycles. The average Bonchev–Trinajstić information content (AvgIpc) is 3.15. The van der Waals surface area contributed by atoms with Crippen molar-refractivity contribution in [3.8, 4) is 11.7 Å². The van der Waals surface area contributed by atoms with Crippen LogP contribution < -0.4 is 15.8 Å². The van der Waals surface area contributed by atoms with Crippen LogP contribution in [0.4, 0.5) is 23.3 Å². The molecule has 178 valence electrons. The summed E-state index contributed by atoms with van der Waals surface area (Å²) in [7, 11) is 0. The summed E-state index contributed by atoms with van der Waals surface area (Å²) in [5, 5.41) is 34.9. The first kappa shape index (κ1) is 24.2. The SMILES string of the molecule is Cc1cc(C)n(-c2nc(NN=Cc3cc(Br)cc([N+](=O)[O-])c3[O-])nc(Nc3ccc(Br)cc3)n2)n1. The van der Waals surface area contributed by atoms with Gasteiger partial charge in [0.15, 0.2) is 0 Å². The molecule has 0 amide bonds. The maximum atomic E-state index is 12.3. The molecule has 0 fully saturated rings. The Hall–Kier alpha value is -3.91. The molecule has 2 aromatic carbocycles. The molecule has 35 heavy (non-hydrogen) atoms. The van der Waals surface area contributed by atoms with Crippen molar-refractivity contribution in [2.75, 3.05) is 10.7 Å². The van der Waals surface area contributed by atoms with Crippen LogP contribution >= 0.6 is 31.9 Å². The fraction of sp³-hybridized carbons (Fsp3) is 0.0952. The number of aryl methyl sites for hydroxylation is 2. The molecule has 12 nitrogen and oxygen atoms in total. The van der Waals surface area contributed by atoms with Crippen LogP contribution in [0.1, 0.15) is 17.0 Å². The van der Waals surface area contributed by atoms with Crippen molar-refractivity contribution in [2.24, 2.45) is 5.10 Å². The number of nitro benzene ring substituents is 1. The number of halogens is 2. The van der Waals surface area contributed by atoms with Gasteiger partial charge in [-0.05, 0) is 61.6 Å². The Morgan fingerprint density at radius 1 is 1.03 bits per heavy atom. The number of nitrogens with one attached hydrogen (secondary N) is 2. The van der Waals surface area contributed by atoms with E-state index in [0.29, 0.717) is 4.47 Å². The molecule has 0 aliphatic rings. The van der Waals surface area contributed by atoms with Crippen LogP contribution in [0.5, 0.6) is 5.75 Å². The zero-order valence-electron chi connectivity index (χ0n) is 18.2. The lowest BCUT2D eigenvalue weighted by molar-refractivity contribution is -0.398. The Morgan fingerprint density at radius 3 is 2.40 bits per heavy atom. The third-order valence-electron chi connectivity index (χ3n) is 4.55. The van der Waals surface area contributed by atoms with Crippen LogP contribution in [-0.4, -0.2) is 35.9 Å². The van der Waals surface area contributed by atoms with E-state index in [1.54, 1.807) is 4.68 Å². The van der Waals surface area contributed by atoms with Gasteiger partial charge in [-0.1, -0.05) is 31.9 Å². The molecule has 0 aliphatic carbocycles. The molecule has 0 saturated heterocycles. The Morgan fingerprint density at radius 2 is 1.74 bits per heavy atom. The van der Waals surface area contributed by atoms with E-state index in [1.165, 1.54) is 6.07 Å². The van der Waals surface area contributed by atoms with E-state index in [1.807, 2.05) is 44.2 Å². The Labute approximate surface area is 215 Å². The van der Waals surface area contributed by atoms with Gasteiger partial charge in [0, 0.05) is 26.4 Å². The summed E-state index contributed by atoms with van der Waals surface area (Å²) in [6.45, 7) is 3.72. The standard InChI is InChI=1S/C21H17Br2N9O3/c1-11-7-12(2)31(30-11)21-27-19(25-16-5-3-14(22)4-6-16)26-20(28-21)29-24-10-13-8-15(23)9-17(18(13)33)32(34)35/h3-10,33H,1-2H3,(H2,25,26,27,28,29)/p-1. The number of hydrogen-bond donors (Lipinski definition) is 2. The molecule has 14 heteroatoms. The van der Waals surface area contributed by atoms with Gasteiger partial charge in [0.2, 0.25) is 11.9 Å². The second-order valence-corrected chi connectivity index (χ2v) is 9.06. The highest BCUT2D eigenvalue weighted by Crippen LogP contribution is 2.30. The minimum atomic E-state index is -0.764. The van der Waals surface area contributed by atoms with Crippen molar-refractivity contribution in [1.82, 2.24) is 24.7 Å². The van der Waals surface area contributed by atoms with Gasteiger partial charge in [0.1, 0.15) is 0 Å². The van der Waals surface area contributed by atoms with Crippen LogP contribution in [-0.2, 0) is 0 Å². The Balaban J connectivity index is 1.67. The van der Waals surface area contributed by atoms with E-state index in [4.69, 9.17) is 0 Å². The molecular formula is C21H16Br2N9O3-. The minimum absolute atomic E-state index is 0.0135. The summed E-state index contributed by atoms with van der Waals surface area (Å²) in [5.41, 5.74) is 4.45. The zero-order chi connectivity index (χ0) is 25.1. The Bertz CT molecular complexity index is 1440. The summed E-state index contributed by atoms with van der Waals surface area (Å²) in [4.78, 5) is 23.5. The topological polar surface area (TPSA) is 159 Å². The molecule has 2 aromatic heterocycles. The van der Waals surface area contributed by atoms with Crippen molar-refractivity contribution in [1.29, 1.82) is 0 Å². The lowest BCUT2D eigenvalue weighted by atomic mass is 10.2. The number of nitro groups is 1. The van der Waals surface area contributed by atoms with Gasteiger partial charge in [0.05, 0.1) is 16.8 Å². The monoisotopic (exact) mass is 600 g/mol. The van der Waals surface area contributed by atoms with Crippen molar-refractivity contribution in [3.63, 3.8) is 0 Å². The van der Waals surface area contributed by atoms with Crippen LogP contribution in [0.25, 0.3) is 5.95 Å². The second-order valence-electron chi connectivity index (χ2n) is 7.22. The molecule has 4 aromatic rings. The van der Waals surface area contributed by atoms with Crippen LogP contribution in [0.2, 0.25) is 0 Å². The number of benzene rings is 2. The van der Waals surface area contributed by atoms with Gasteiger partial charge in [-0.15, -0.1) is 0 Å². The van der Waals surface area contributed by atoms with E-state index < -0.39 is 16.4 Å². The molecule has 0 radical (unpaired) electrons. The summed E-state index contributed by atoms with van der Waals surface area (Å²) in [6.07, 6.45) is 1.16. The lowest BCUT2D eigenvalue weighted by Crippen LogP contribution is -2.11. The fourth-order valence-corrected chi connectivity index (χ4v) is 3.78. The van der Waals surface area contributed by atoms with E-state index in [2.05, 4.69) is 67.8 Å². The molecule has 0 unspecified atom stereocenters. The van der Waals surface area contributed by atoms with E-state index >= 15 is 0 Å². The number of hydrogen-bond acceptors (Lipinski definition) is 10. The summed E-state index contributed by atoms with van der Waals surface area (Å²) in [6, 6.07) is 11.9. The summed E-state index contributed by atoms with van der Waals surface area (Å²) < 4.78 is 2.86. The third-order valence-corrected chi connectivity index (χ3v) is 5.54.